The highest BCUT2D eigenvalue weighted by Gasteiger charge is 2.93. The number of ketones is 1. The van der Waals surface area contributed by atoms with Gasteiger partial charge in [-0.2, -0.15) is 0 Å². The highest BCUT2D eigenvalue weighted by Crippen LogP contribution is 2.88. The number of Topliss-reactive ketones (excluding diaryl/α,β-unsaturated/α-hetero) is 1. The maximum absolute atomic E-state index is 13.7. The first-order valence-corrected chi connectivity index (χ1v) is 12.2. The van der Waals surface area contributed by atoms with Crippen LogP contribution in [-0.4, -0.2) is 11.9 Å². The van der Waals surface area contributed by atoms with Gasteiger partial charge in [-0.25, -0.2) is 0 Å². The Morgan fingerprint density at radius 1 is 0.618 bits per heavy atom. The monoisotopic (exact) mass is 442 g/mol. The van der Waals surface area contributed by atoms with Gasteiger partial charge in [-0.1, -0.05) is 121 Å². The number of fused-ring (bicyclic) bond motifs is 5. The van der Waals surface area contributed by atoms with Crippen LogP contribution < -0.4 is 0 Å². The van der Waals surface area contributed by atoms with Gasteiger partial charge in [-0.05, 0) is 28.7 Å². The van der Waals surface area contributed by atoms with Gasteiger partial charge in [0.25, 0.3) is 0 Å². The molecule has 4 aromatic rings. The second kappa shape index (κ2) is 7.01. The lowest BCUT2D eigenvalue weighted by Crippen LogP contribution is -2.46. The van der Waals surface area contributed by atoms with E-state index < -0.39 is 17.1 Å². The fourth-order valence-electron chi connectivity index (χ4n) is 7.72. The predicted molar refractivity (Wildman–Crippen MR) is 133 cm³/mol. The average molecular weight is 443 g/mol. The summed E-state index contributed by atoms with van der Waals surface area (Å²) in [6.45, 7) is 0. The van der Waals surface area contributed by atoms with Crippen molar-refractivity contribution in [2.75, 3.05) is 0 Å². The van der Waals surface area contributed by atoms with Gasteiger partial charge in [0.05, 0.1) is 0 Å². The third kappa shape index (κ3) is 2.18. The third-order valence-corrected chi connectivity index (χ3v) is 8.70. The second-order valence-electron chi connectivity index (χ2n) is 9.91. The topological polar surface area (TPSA) is 26.3 Å². The minimum absolute atomic E-state index is 0.134. The molecule has 0 aromatic heterocycles. The second-order valence-corrected chi connectivity index (χ2v) is 9.91. The summed E-state index contributed by atoms with van der Waals surface area (Å²) in [5.41, 5.74) is 3.48. The molecule has 0 unspecified atom stereocenters. The zero-order chi connectivity index (χ0) is 22.8. The Bertz CT molecular complexity index is 1350. The molecule has 2 nitrogen and oxygen atoms in total. The van der Waals surface area contributed by atoms with Gasteiger partial charge in [0, 0.05) is 23.2 Å². The molecule has 34 heavy (non-hydrogen) atoms. The number of carbonyl (C=O) groups is 1. The summed E-state index contributed by atoms with van der Waals surface area (Å²) in [5.74, 6) is 0.362. The largest absolute Gasteiger partial charge is 0.357 e. The Morgan fingerprint density at radius 2 is 1.12 bits per heavy atom. The van der Waals surface area contributed by atoms with E-state index in [1.165, 1.54) is 22.3 Å². The highest BCUT2D eigenvalue weighted by molar-refractivity contribution is 5.92. The molecule has 3 fully saturated rings. The molecule has 0 radical (unpaired) electrons. The number of hydrogen-bond acceptors (Lipinski definition) is 2. The quantitative estimate of drug-likeness (QED) is 0.370. The van der Waals surface area contributed by atoms with E-state index in [1.807, 2.05) is 0 Å². The van der Waals surface area contributed by atoms with Gasteiger partial charge in [0.15, 0.2) is 5.78 Å². The molecule has 2 heteroatoms. The average Bonchev–Trinajstić information content (AvgIpc) is 3.51. The van der Waals surface area contributed by atoms with Crippen molar-refractivity contribution in [3.63, 3.8) is 0 Å². The Labute approximate surface area is 200 Å². The Morgan fingerprint density at radius 3 is 1.71 bits per heavy atom. The van der Waals surface area contributed by atoms with Crippen LogP contribution in [0.2, 0.25) is 0 Å². The first-order chi connectivity index (χ1) is 16.8. The molecule has 1 saturated carbocycles. The summed E-state index contributed by atoms with van der Waals surface area (Å²) in [5, 5.41) is 0. The number of benzene rings is 4. The van der Waals surface area contributed by atoms with Gasteiger partial charge < -0.3 is 4.74 Å². The molecule has 2 saturated heterocycles. The lowest BCUT2D eigenvalue weighted by molar-refractivity contribution is -0.158. The van der Waals surface area contributed by atoms with Crippen molar-refractivity contribution in [3.8, 4) is 0 Å². The van der Waals surface area contributed by atoms with Crippen molar-refractivity contribution < 1.29 is 9.53 Å². The Balaban J connectivity index is 1.63. The summed E-state index contributed by atoms with van der Waals surface area (Å²) in [7, 11) is 0. The van der Waals surface area contributed by atoms with Crippen molar-refractivity contribution in [1.29, 1.82) is 0 Å². The molecule has 0 N–H and O–H groups in total. The molecule has 7 rings (SSSR count). The van der Waals surface area contributed by atoms with Crippen LogP contribution in [0, 0.1) is 0 Å². The minimum Gasteiger partial charge on any atom is -0.357 e. The molecule has 2 aliphatic heterocycles. The van der Waals surface area contributed by atoms with Crippen molar-refractivity contribution >= 4 is 5.78 Å². The minimum atomic E-state index is -0.579. The van der Waals surface area contributed by atoms with Crippen LogP contribution in [0.3, 0.4) is 0 Å². The van der Waals surface area contributed by atoms with E-state index >= 15 is 0 Å². The molecule has 2 heterocycles. The summed E-state index contributed by atoms with van der Waals surface area (Å²) in [6, 6.07) is 42.9. The summed E-state index contributed by atoms with van der Waals surface area (Å²) >= 11 is 0. The van der Waals surface area contributed by atoms with E-state index in [9.17, 15) is 4.79 Å². The normalized spacial score (nSPS) is 33.4. The van der Waals surface area contributed by atoms with E-state index in [0.29, 0.717) is 12.8 Å². The zero-order valence-electron chi connectivity index (χ0n) is 18.9. The van der Waals surface area contributed by atoms with Gasteiger partial charge in [0.1, 0.15) is 11.7 Å². The Kier molecular flexibility index (Phi) is 4.11. The van der Waals surface area contributed by atoms with Crippen molar-refractivity contribution in [2.45, 2.75) is 41.3 Å². The predicted octanol–water partition coefficient (Wildman–Crippen LogP) is 6.32. The van der Waals surface area contributed by atoms with Crippen LogP contribution in [0.5, 0.6) is 0 Å². The maximum Gasteiger partial charge on any atom is 0.162 e. The first-order valence-electron chi connectivity index (χ1n) is 12.2. The van der Waals surface area contributed by atoms with Crippen LogP contribution in [0.4, 0.5) is 0 Å². The SMILES string of the molecule is O=C1CC[C@]2(c3ccccc3)O[C@H]1[C@]1(c3ccccc3)[C@H](c3ccccc3)[C@@]12c1ccccc1. The maximum atomic E-state index is 13.7. The molecule has 1 aliphatic carbocycles. The van der Waals surface area contributed by atoms with E-state index in [1.54, 1.807) is 0 Å². The summed E-state index contributed by atoms with van der Waals surface area (Å²) in [6.07, 6.45) is 0.762. The van der Waals surface area contributed by atoms with Crippen molar-refractivity contribution in [3.05, 3.63) is 144 Å². The molecule has 0 spiro atoms. The van der Waals surface area contributed by atoms with Crippen LogP contribution in [0.15, 0.2) is 121 Å². The van der Waals surface area contributed by atoms with Gasteiger partial charge in [-0.15, -0.1) is 0 Å². The number of ether oxygens (including phenoxy) is 1. The summed E-state index contributed by atoms with van der Waals surface area (Å²) < 4.78 is 7.06. The molecular weight excluding hydrogens is 416 g/mol. The van der Waals surface area contributed by atoms with E-state index in [4.69, 9.17) is 4.74 Å². The van der Waals surface area contributed by atoms with Gasteiger partial charge in [0.2, 0.25) is 0 Å². The fraction of sp³-hybridized carbons (Fsp3) is 0.219. The number of hydrogen-bond donors (Lipinski definition) is 0. The molecule has 166 valence electrons. The summed E-state index contributed by atoms with van der Waals surface area (Å²) in [4.78, 5) is 13.7. The molecular formula is C32H26O2. The van der Waals surface area contributed by atoms with E-state index in [-0.39, 0.29) is 17.1 Å². The lowest BCUT2D eigenvalue weighted by atomic mass is 9.68. The van der Waals surface area contributed by atoms with Crippen LogP contribution in [-0.2, 0) is 26.0 Å². The van der Waals surface area contributed by atoms with E-state index in [2.05, 4.69) is 121 Å². The highest BCUT2D eigenvalue weighted by atomic mass is 16.5. The Hall–Kier alpha value is -3.49. The fourth-order valence-corrected chi connectivity index (χ4v) is 7.72. The zero-order valence-corrected chi connectivity index (χ0v) is 18.9. The van der Waals surface area contributed by atoms with E-state index in [0.717, 1.165) is 0 Å². The van der Waals surface area contributed by atoms with Gasteiger partial charge >= 0.3 is 0 Å². The molecule has 2 bridgehead atoms. The number of rotatable bonds is 4. The molecule has 4 aromatic carbocycles. The van der Waals surface area contributed by atoms with Crippen LogP contribution in [0.25, 0.3) is 0 Å². The molecule has 5 atom stereocenters. The van der Waals surface area contributed by atoms with Crippen molar-refractivity contribution in [2.24, 2.45) is 0 Å². The lowest BCUT2D eigenvalue weighted by Gasteiger charge is -2.43. The van der Waals surface area contributed by atoms with Crippen LogP contribution >= 0.6 is 0 Å². The smallest absolute Gasteiger partial charge is 0.162 e. The standard InChI is InChI=1S/C32H26O2/c33-27-21-22-30(24-15-7-2-8-16-24)32(26-19-11-4-12-20-26)28(23-13-5-1-6-14-23)31(32,29(27)34-30)25-17-9-3-10-18-25/h1-20,28-29H,21-22H2/t28-,29+,30+,31-,32+/m0/s1. The first kappa shape index (κ1) is 19.9. The molecule has 3 aliphatic rings. The molecule has 0 amide bonds. The van der Waals surface area contributed by atoms with Crippen LogP contribution in [0.1, 0.15) is 41.0 Å². The van der Waals surface area contributed by atoms with Crippen molar-refractivity contribution in [1.82, 2.24) is 0 Å². The number of carbonyl (C=O) groups excluding carboxylic acids is 1. The van der Waals surface area contributed by atoms with Gasteiger partial charge in [-0.3, -0.25) is 4.79 Å². The third-order valence-electron chi connectivity index (χ3n) is 8.70.